The van der Waals surface area contributed by atoms with Gasteiger partial charge in [-0.05, 0) is 31.9 Å². The van der Waals surface area contributed by atoms with Crippen molar-refractivity contribution >= 4 is 16.0 Å². The van der Waals surface area contributed by atoms with Gasteiger partial charge in [-0.2, -0.15) is 4.31 Å². The van der Waals surface area contributed by atoms with Crippen LogP contribution in [0.5, 0.6) is 0 Å². The summed E-state index contributed by atoms with van der Waals surface area (Å²) in [5, 5.41) is 9.08. The van der Waals surface area contributed by atoms with Crippen LogP contribution in [0.2, 0.25) is 0 Å². The monoisotopic (exact) mass is 301 g/mol. The van der Waals surface area contributed by atoms with Crippen LogP contribution in [-0.2, 0) is 16.6 Å². The second-order valence-corrected chi connectivity index (χ2v) is 6.84. The van der Waals surface area contributed by atoms with E-state index in [2.05, 4.69) is 0 Å². The van der Waals surface area contributed by atoms with Gasteiger partial charge >= 0.3 is 5.97 Å². The van der Waals surface area contributed by atoms with E-state index in [1.54, 1.807) is 6.92 Å². The lowest BCUT2D eigenvalue weighted by Crippen LogP contribution is -2.29. The quantitative estimate of drug-likeness (QED) is 0.807. The summed E-state index contributed by atoms with van der Waals surface area (Å²) in [6.45, 7) is 3.47. The number of carboxylic acid groups (broad SMARTS) is 1. The molecule has 0 bridgehead atoms. The van der Waals surface area contributed by atoms with Gasteiger partial charge in [-0.3, -0.25) is 0 Å². The van der Waals surface area contributed by atoms with Crippen molar-refractivity contribution in [3.05, 3.63) is 18.0 Å². The Balaban J connectivity index is 2.33. The Morgan fingerprint density at radius 2 is 2.25 bits per heavy atom. The van der Waals surface area contributed by atoms with E-state index in [0.29, 0.717) is 26.2 Å². The zero-order valence-electron chi connectivity index (χ0n) is 11.3. The topological polar surface area (TPSA) is 106 Å². The van der Waals surface area contributed by atoms with Gasteiger partial charge in [0.1, 0.15) is 10.6 Å². The van der Waals surface area contributed by atoms with Gasteiger partial charge in [0.25, 0.3) is 0 Å². The number of aryl methyl sites for hydroxylation is 1. The summed E-state index contributed by atoms with van der Waals surface area (Å²) >= 11 is 0. The Morgan fingerprint density at radius 3 is 2.70 bits per heavy atom. The van der Waals surface area contributed by atoms with Gasteiger partial charge < -0.3 is 15.4 Å². The fraction of sp³-hybridized carbons (Fsp3) is 0.583. The summed E-state index contributed by atoms with van der Waals surface area (Å²) in [6.07, 6.45) is 2.13. The molecule has 2 heterocycles. The minimum absolute atomic E-state index is 0.0133. The highest BCUT2D eigenvalue weighted by atomic mass is 32.2. The number of carbonyl (C=O) groups is 1. The number of rotatable bonds is 5. The molecule has 1 unspecified atom stereocenters. The Labute approximate surface area is 118 Å². The number of carboxylic acids is 1. The van der Waals surface area contributed by atoms with Crippen LogP contribution in [0.3, 0.4) is 0 Å². The Morgan fingerprint density at radius 1 is 1.55 bits per heavy atom. The molecule has 3 N–H and O–H groups in total. The molecule has 1 aliphatic rings. The molecule has 0 saturated carbocycles. The maximum absolute atomic E-state index is 12.5. The van der Waals surface area contributed by atoms with Crippen LogP contribution in [-0.4, -0.2) is 48.0 Å². The van der Waals surface area contributed by atoms with Crippen molar-refractivity contribution in [2.45, 2.75) is 24.8 Å². The highest BCUT2D eigenvalue weighted by Crippen LogP contribution is 2.25. The third kappa shape index (κ3) is 2.58. The molecular weight excluding hydrogens is 282 g/mol. The Bertz CT molecular complexity index is 608. The van der Waals surface area contributed by atoms with Gasteiger partial charge in [-0.15, -0.1) is 0 Å². The van der Waals surface area contributed by atoms with Gasteiger partial charge in [-0.25, -0.2) is 13.2 Å². The van der Waals surface area contributed by atoms with Gasteiger partial charge in [0, 0.05) is 25.8 Å². The number of aromatic nitrogens is 1. The maximum Gasteiger partial charge on any atom is 0.352 e. The first kappa shape index (κ1) is 15.0. The summed E-state index contributed by atoms with van der Waals surface area (Å²) < 4.78 is 27.8. The summed E-state index contributed by atoms with van der Waals surface area (Å²) in [5.74, 6) is -0.952. The van der Waals surface area contributed by atoms with Gasteiger partial charge in [0.2, 0.25) is 10.0 Å². The van der Waals surface area contributed by atoms with E-state index in [1.165, 1.54) is 21.1 Å². The molecule has 8 heteroatoms. The molecule has 1 fully saturated rings. The molecule has 1 atom stereocenters. The minimum Gasteiger partial charge on any atom is -0.477 e. The molecule has 0 amide bonds. The SMILES string of the molecule is CCn1cc(S(=O)(=O)N2CCC(CN)C2)cc1C(=O)O. The Hall–Kier alpha value is -1.38. The van der Waals surface area contributed by atoms with Crippen molar-refractivity contribution in [2.75, 3.05) is 19.6 Å². The highest BCUT2D eigenvalue weighted by molar-refractivity contribution is 7.89. The third-order valence-corrected chi connectivity index (χ3v) is 5.48. The number of nitrogens with two attached hydrogens (primary N) is 1. The predicted molar refractivity (Wildman–Crippen MR) is 73.0 cm³/mol. The molecule has 112 valence electrons. The molecular formula is C12H19N3O4S. The molecule has 0 spiro atoms. The first-order valence-electron chi connectivity index (χ1n) is 6.53. The first-order chi connectivity index (χ1) is 9.40. The van der Waals surface area contributed by atoms with Gasteiger partial charge in [-0.1, -0.05) is 0 Å². The van der Waals surface area contributed by atoms with E-state index in [-0.39, 0.29) is 16.5 Å². The lowest BCUT2D eigenvalue weighted by atomic mass is 10.1. The van der Waals surface area contributed by atoms with E-state index >= 15 is 0 Å². The molecule has 0 radical (unpaired) electrons. The second kappa shape index (κ2) is 5.55. The largest absolute Gasteiger partial charge is 0.477 e. The highest BCUT2D eigenvalue weighted by Gasteiger charge is 2.33. The van der Waals surface area contributed by atoms with E-state index < -0.39 is 16.0 Å². The van der Waals surface area contributed by atoms with Crippen LogP contribution < -0.4 is 5.73 Å². The summed E-state index contributed by atoms with van der Waals surface area (Å²) in [6, 6.07) is 1.22. The van der Waals surface area contributed by atoms with Crippen LogP contribution in [0.4, 0.5) is 0 Å². The fourth-order valence-electron chi connectivity index (χ4n) is 2.42. The van der Waals surface area contributed by atoms with Crippen molar-refractivity contribution in [1.82, 2.24) is 8.87 Å². The lowest BCUT2D eigenvalue weighted by Gasteiger charge is -2.15. The molecule has 20 heavy (non-hydrogen) atoms. The predicted octanol–water partition coefficient (Wildman–Crippen LogP) is 0.176. The number of aromatic carboxylic acids is 1. The van der Waals surface area contributed by atoms with E-state index in [0.717, 1.165) is 6.42 Å². The third-order valence-electron chi connectivity index (χ3n) is 3.65. The fourth-order valence-corrected chi connectivity index (χ4v) is 3.99. The molecule has 1 aliphatic heterocycles. The minimum atomic E-state index is -3.63. The smallest absolute Gasteiger partial charge is 0.352 e. The van der Waals surface area contributed by atoms with Gasteiger partial charge in [0.15, 0.2) is 0 Å². The van der Waals surface area contributed by atoms with Crippen LogP contribution in [0.1, 0.15) is 23.8 Å². The molecule has 2 rings (SSSR count). The van der Waals surface area contributed by atoms with Crippen molar-refractivity contribution in [2.24, 2.45) is 11.7 Å². The summed E-state index contributed by atoms with van der Waals surface area (Å²) in [7, 11) is -3.63. The summed E-state index contributed by atoms with van der Waals surface area (Å²) in [5.41, 5.74) is 5.55. The van der Waals surface area contributed by atoms with Crippen molar-refractivity contribution in [3.63, 3.8) is 0 Å². The van der Waals surface area contributed by atoms with Crippen molar-refractivity contribution in [1.29, 1.82) is 0 Å². The number of hydrogen-bond acceptors (Lipinski definition) is 4. The average molecular weight is 301 g/mol. The molecule has 7 nitrogen and oxygen atoms in total. The van der Waals surface area contributed by atoms with Gasteiger partial charge in [0.05, 0.1) is 0 Å². The zero-order chi connectivity index (χ0) is 14.9. The molecule has 1 saturated heterocycles. The lowest BCUT2D eigenvalue weighted by molar-refractivity contribution is 0.0685. The standard InChI is InChI=1S/C12H19N3O4S/c1-2-14-8-10(5-11(14)12(16)17)20(18,19)15-4-3-9(6-13)7-15/h5,8-9H,2-4,6-7,13H2,1H3,(H,16,17). The van der Waals surface area contributed by atoms with Crippen molar-refractivity contribution in [3.8, 4) is 0 Å². The molecule has 1 aromatic rings. The molecule has 1 aromatic heterocycles. The van der Waals surface area contributed by atoms with Crippen LogP contribution in [0.25, 0.3) is 0 Å². The Kier molecular flexibility index (Phi) is 4.17. The number of sulfonamides is 1. The van der Waals surface area contributed by atoms with Crippen molar-refractivity contribution < 1.29 is 18.3 Å². The van der Waals surface area contributed by atoms with E-state index in [1.807, 2.05) is 0 Å². The number of nitrogens with zero attached hydrogens (tertiary/aromatic N) is 2. The average Bonchev–Trinajstić information content (AvgIpc) is 3.05. The summed E-state index contributed by atoms with van der Waals surface area (Å²) in [4.78, 5) is 11.1. The first-order valence-corrected chi connectivity index (χ1v) is 7.97. The van der Waals surface area contributed by atoms with E-state index in [4.69, 9.17) is 10.8 Å². The molecule has 0 aliphatic carbocycles. The van der Waals surface area contributed by atoms with Crippen LogP contribution in [0, 0.1) is 5.92 Å². The maximum atomic E-state index is 12.5. The zero-order valence-corrected chi connectivity index (χ0v) is 12.1. The number of hydrogen-bond donors (Lipinski definition) is 2. The van der Waals surface area contributed by atoms with E-state index in [9.17, 15) is 13.2 Å². The molecule has 0 aromatic carbocycles. The van der Waals surface area contributed by atoms with Crippen LogP contribution >= 0.6 is 0 Å². The van der Waals surface area contributed by atoms with Crippen LogP contribution in [0.15, 0.2) is 17.2 Å². The normalized spacial score (nSPS) is 20.4. The second-order valence-electron chi connectivity index (χ2n) is 4.91.